The van der Waals surface area contributed by atoms with Crippen LogP contribution in [0.2, 0.25) is 5.02 Å². The minimum atomic E-state index is -0.454. The summed E-state index contributed by atoms with van der Waals surface area (Å²) in [5.41, 5.74) is 0.857. The van der Waals surface area contributed by atoms with Crippen molar-refractivity contribution in [3.05, 3.63) is 68.7 Å². The first-order valence-electron chi connectivity index (χ1n) is 5.85. The zero-order chi connectivity index (χ0) is 14.7. The number of hydrogen-bond donors (Lipinski definition) is 0. The summed E-state index contributed by atoms with van der Waals surface area (Å²) in [6.07, 6.45) is 0.0179. The van der Waals surface area contributed by atoms with E-state index in [1.807, 2.05) is 0 Å². The Bertz CT molecular complexity index is 658. The maximum Gasteiger partial charge on any atom is 0.141 e. The van der Waals surface area contributed by atoms with Crippen LogP contribution >= 0.6 is 27.5 Å². The van der Waals surface area contributed by atoms with Crippen molar-refractivity contribution in [1.29, 1.82) is 0 Å². The fourth-order valence-corrected chi connectivity index (χ4v) is 2.47. The Morgan fingerprint density at radius 3 is 2.45 bits per heavy atom. The molecule has 0 heterocycles. The van der Waals surface area contributed by atoms with Crippen molar-refractivity contribution in [2.24, 2.45) is 0 Å². The third-order valence-electron chi connectivity index (χ3n) is 2.80. The fraction of sp³-hybridized carbons (Fsp3) is 0.133. The third kappa shape index (κ3) is 3.87. The Balaban J connectivity index is 2.11. The quantitative estimate of drug-likeness (QED) is 0.771. The number of rotatable bonds is 4. The van der Waals surface area contributed by atoms with Crippen LogP contribution in [-0.4, -0.2) is 5.78 Å². The van der Waals surface area contributed by atoms with Crippen LogP contribution in [0.15, 0.2) is 40.9 Å². The van der Waals surface area contributed by atoms with E-state index in [1.54, 1.807) is 12.1 Å². The van der Waals surface area contributed by atoms with Gasteiger partial charge >= 0.3 is 0 Å². The number of carbonyl (C=O) groups excluding carboxylic acids is 1. The van der Waals surface area contributed by atoms with E-state index in [0.29, 0.717) is 15.6 Å². The lowest BCUT2D eigenvalue weighted by molar-refractivity contribution is -0.117. The largest absolute Gasteiger partial charge is 0.299 e. The molecule has 0 atom stereocenters. The molecule has 0 saturated heterocycles. The SMILES string of the molecule is O=C(Cc1cc(Br)ccc1F)Cc1ccc(F)cc1Cl. The summed E-state index contributed by atoms with van der Waals surface area (Å²) in [7, 11) is 0. The summed E-state index contributed by atoms with van der Waals surface area (Å²) in [4.78, 5) is 11.9. The smallest absolute Gasteiger partial charge is 0.141 e. The highest BCUT2D eigenvalue weighted by Crippen LogP contribution is 2.20. The van der Waals surface area contributed by atoms with Gasteiger partial charge in [0.15, 0.2) is 0 Å². The van der Waals surface area contributed by atoms with Gasteiger partial charge in [0, 0.05) is 22.3 Å². The average molecular weight is 360 g/mol. The molecule has 0 saturated carbocycles. The lowest BCUT2D eigenvalue weighted by atomic mass is 10.0. The maximum atomic E-state index is 13.6. The van der Waals surface area contributed by atoms with Gasteiger partial charge in [-0.3, -0.25) is 4.79 Å². The molecule has 1 nitrogen and oxygen atoms in total. The van der Waals surface area contributed by atoms with Crippen molar-refractivity contribution in [2.75, 3.05) is 0 Å². The molecule has 2 aromatic rings. The number of hydrogen-bond acceptors (Lipinski definition) is 1. The second-order valence-corrected chi connectivity index (χ2v) is 5.69. The van der Waals surface area contributed by atoms with Gasteiger partial charge in [-0.15, -0.1) is 0 Å². The molecule has 0 spiro atoms. The molecule has 0 aliphatic rings. The van der Waals surface area contributed by atoms with Gasteiger partial charge in [-0.2, -0.15) is 0 Å². The van der Waals surface area contributed by atoms with E-state index >= 15 is 0 Å². The molecule has 2 aromatic carbocycles. The van der Waals surface area contributed by atoms with Gasteiger partial charge < -0.3 is 0 Å². The molecule has 0 aliphatic carbocycles. The van der Waals surface area contributed by atoms with E-state index in [-0.39, 0.29) is 23.6 Å². The molecule has 5 heteroatoms. The zero-order valence-corrected chi connectivity index (χ0v) is 12.6. The van der Waals surface area contributed by atoms with Crippen molar-refractivity contribution in [1.82, 2.24) is 0 Å². The molecular weight excluding hydrogens is 350 g/mol. The van der Waals surface area contributed by atoms with E-state index in [2.05, 4.69) is 15.9 Å². The number of benzene rings is 2. The van der Waals surface area contributed by atoms with Gasteiger partial charge in [-0.1, -0.05) is 33.6 Å². The predicted octanol–water partition coefficient (Wildman–Crippen LogP) is 4.74. The zero-order valence-electron chi connectivity index (χ0n) is 10.3. The van der Waals surface area contributed by atoms with Gasteiger partial charge in [0.25, 0.3) is 0 Å². The Morgan fingerprint density at radius 1 is 1.05 bits per heavy atom. The Hall–Kier alpha value is -1.26. The van der Waals surface area contributed by atoms with Crippen LogP contribution in [0.1, 0.15) is 11.1 Å². The van der Waals surface area contributed by atoms with Gasteiger partial charge in [-0.05, 0) is 41.5 Å². The topological polar surface area (TPSA) is 17.1 Å². The lowest BCUT2D eigenvalue weighted by Crippen LogP contribution is -2.08. The number of Topliss-reactive ketones (excluding diaryl/α,β-unsaturated/α-hetero) is 1. The van der Waals surface area contributed by atoms with Crippen molar-refractivity contribution in [2.45, 2.75) is 12.8 Å². The molecule has 20 heavy (non-hydrogen) atoms. The van der Waals surface area contributed by atoms with Gasteiger partial charge in [0.05, 0.1) is 0 Å². The second-order valence-electron chi connectivity index (χ2n) is 4.36. The number of carbonyl (C=O) groups is 1. The molecule has 2 rings (SSSR count). The van der Waals surface area contributed by atoms with Crippen LogP contribution in [0.3, 0.4) is 0 Å². The van der Waals surface area contributed by atoms with Crippen molar-refractivity contribution in [3.63, 3.8) is 0 Å². The van der Waals surface area contributed by atoms with Crippen molar-refractivity contribution in [3.8, 4) is 0 Å². The summed E-state index contributed by atoms with van der Waals surface area (Å²) >= 11 is 9.09. The summed E-state index contributed by atoms with van der Waals surface area (Å²) < 4.78 is 27.2. The molecule has 0 aliphatic heterocycles. The van der Waals surface area contributed by atoms with E-state index in [4.69, 9.17) is 11.6 Å². The van der Waals surface area contributed by atoms with Gasteiger partial charge in [0.1, 0.15) is 17.4 Å². The molecule has 104 valence electrons. The van der Waals surface area contributed by atoms with E-state index in [9.17, 15) is 13.6 Å². The molecule has 0 bridgehead atoms. The number of ketones is 1. The standard InChI is InChI=1S/C15H10BrClF2O/c16-11-2-4-15(19)10(5-11)7-13(20)6-9-1-3-12(18)8-14(9)17/h1-5,8H,6-7H2. The molecule has 0 fully saturated rings. The first kappa shape index (κ1) is 15.1. The first-order chi connectivity index (χ1) is 9.45. The van der Waals surface area contributed by atoms with Crippen LogP contribution in [0.25, 0.3) is 0 Å². The molecule has 0 N–H and O–H groups in total. The Labute approximate surface area is 128 Å². The molecule has 0 radical (unpaired) electrons. The molecule has 0 unspecified atom stereocenters. The summed E-state index contributed by atoms with van der Waals surface area (Å²) in [6, 6.07) is 8.31. The van der Waals surface area contributed by atoms with Crippen molar-refractivity contribution >= 4 is 33.3 Å². The molecule has 0 aromatic heterocycles. The van der Waals surface area contributed by atoms with Crippen LogP contribution in [0.5, 0.6) is 0 Å². The monoisotopic (exact) mass is 358 g/mol. The van der Waals surface area contributed by atoms with Gasteiger partial charge in [-0.25, -0.2) is 8.78 Å². The lowest BCUT2D eigenvalue weighted by Gasteiger charge is -2.06. The van der Waals surface area contributed by atoms with Crippen LogP contribution in [0.4, 0.5) is 8.78 Å². The number of halogens is 4. The predicted molar refractivity (Wildman–Crippen MR) is 77.9 cm³/mol. The van der Waals surface area contributed by atoms with Crippen LogP contribution in [0, 0.1) is 11.6 Å². The molecule has 0 amide bonds. The summed E-state index contributed by atoms with van der Waals surface area (Å²) in [6.45, 7) is 0. The van der Waals surface area contributed by atoms with E-state index in [0.717, 1.165) is 6.07 Å². The highest BCUT2D eigenvalue weighted by atomic mass is 79.9. The highest BCUT2D eigenvalue weighted by Gasteiger charge is 2.12. The molecular formula is C15H10BrClF2O. The van der Waals surface area contributed by atoms with Gasteiger partial charge in [0.2, 0.25) is 0 Å². The fourth-order valence-electron chi connectivity index (χ4n) is 1.83. The Kier molecular flexibility index (Phi) is 4.89. The van der Waals surface area contributed by atoms with Crippen LogP contribution < -0.4 is 0 Å². The second kappa shape index (κ2) is 6.46. The minimum absolute atomic E-state index is 0.0288. The maximum absolute atomic E-state index is 13.6. The normalized spacial score (nSPS) is 10.6. The average Bonchev–Trinajstić information content (AvgIpc) is 2.37. The van der Waals surface area contributed by atoms with Crippen molar-refractivity contribution < 1.29 is 13.6 Å². The van der Waals surface area contributed by atoms with E-state index in [1.165, 1.54) is 18.2 Å². The summed E-state index contributed by atoms with van der Waals surface area (Å²) in [5.74, 6) is -1.06. The van der Waals surface area contributed by atoms with Crippen LogP contribution in [-0.2, 0) is 17.6 Å². The van der Waals surface area contributed by atoms with E-state index < -0.39 is 11.6 Å². The third-order valence-corrected chi connectivity index (χ3v) is 3.64. The summed E-state index contributed by atoms with van der Waals surface area (Å²) in [5, 5.41) is 0.202. The Morgan fingerprint density at radius 2 is 1.75 bits per heavy atom. The highest BCUT2D eigenvalue weighted by molar-refractivity contribution is 9.10. The minimum Gasteiger partial charge on any atom is -0.299 e. The first-order valence-corrected chi connectivity index (χ1v) is 7.02.